The van der Waals surface area contributed by atoms with E-state index >= 15 is 0 Å². The van der Waals surface area contributed by atoms with E-state index in [4.69, 9.17) is 10.3 Å². The van der Waals surface area contributed by atoms with Crippen LogP contribution in [0.2, 0.25) is 0 Å². The Bertz CT molecular complexity index is 854. The predicted octanol–water partition coefficient (Wildman–Crippen LogP) is 4.04. The van der Waals surface area contributed by atoms with E-state index in [1.165, 1.54) is 4.90 Å². The maximum Gasteiger partial charge on any atom is 0.273 e. The van der Waals surface area contributed by atoms with E-state index in [2.05, 4.69) is 46.0 Å². The highest BCUT2D eigenvalue weighted by Gasteiger charge is 2.31. The minimum absolute atomic E-state index is 0.126. The highest BCUT2D eigenvalue weighted by molar-refractivity contribution is 7.97. The quantitative estimate of drug-likeness (QED) is 0.694. The second-order valence-electron chi connectivity index (χ2n) is 8.91. The Labute approximate surface area is 176 Å². The highest BCUT2D eigenvalue weighted by Crippen LogP contribution is 2.40. The Morgan fingerprint density at radius 1 is 1.28 bits per heavy atom. The van der Waals surface area contributed by atoms with Crippen LogP contribution in [0.15, 0.2) is 39.8 Å². The fourth-order valence-corrected chi connectivity index (χ4v) is 4.71. The van der Waals surface area contributed by atoms with Crippen LogP contribution in [0.5, 0.6) is 0 Å². The van der Waals surface area contributed by atoms with E-state index in [0.717, 1.165) is 43.6 Å². The van der Waals surface area contributed by atoms with Gasteiger partial charge in [-0.25, -0.2) is 4.31 Å². The maximum atomic E-state index is 12.5. The zero-order valence-corrected chi connectivity index (χ0v) is 18.2. The molecule has 3 N–H and O–H groups in total. The third-order valence-corrected chi connectivity index (χ3v) is 6.97. The van der Waals surface area contributed by atoms with Gasteiger partial charge in [-0.1, -0.05) is 17.3 Å². The summed E-state index contributed by atoms with van der Waals surface area (Å²) in [5.41, 5.74) is 7.38. The Morgan fingerprint density at radius 2 is 2.00 bits per heavy atom. The summed E-state index contributed by atoms with van der Waals surface area (Å²) in [4.78, 5) is 13.7. The molecule has 1 aromatic heterocycles. The number of aromatic nitrogens is 1. The molecular formula is C22H30N4O2S. The lowest BCUT2D eigenvalue weighted by Crippen LogP contribution is -2.46. The lowest BCUT2D eigenvalue weighted by atomic mass is 9.96. The van der Waals surface area contributed by atoms with Crippen LogP contribution in [0.1, 0.15) is 74.2 Å². The molecule has 29 heavy (non-hydrogen) atoms. The average molecular weight is 415 g/mol. The molecule has 7 heteroatoms. The molecular weight excluding hydrogens is 384 g/mol. The fourth-order valence-electron chi connectivity index (χ4n) is 3.71. The fraction of sp³-hybridized carbons (Fsp3) is 0.545. The monoisotopic (exact) mass is 414 g/mol. The summed E-state index contributed by atoms with van der Waals surface area (Å²) in [6, 6.07) is 10.8. The Balaban J connectivity index is 1.29. The van der Waals surface area contributed by atoms with Gasteiger partial charge in [-0.05, 0) is 76.1 Å². The molecule has 2 aromatic rings. The zero-order chi connectivity index (χ0) is 20.6. The Morgan fingerprint density at radius 3 is 2.62 bits per heavy atom. The highest BCUT2D eigenvalue weighted by atomic mass is 32.2. The second kappa shape index (κ2) is 8.13. The lowest BCUT2D eigenvalue weighted by molar-refractivity contribution is 0.0906. The Hall–Kier alpha value is -1.83. The van der Waals surface area contributed by atoms with E-state index in [1.807, 2.05) is 13.8 Å². The molecule has 2 heterocycles. The smallest absolute Gasteiger partial charge is 0.273 e. The van der Waals surface area contributed by atoms with Crippen LogP contribution >= 0.6 is 11.9 Å². The normalized spacial score (nSPS) is 23.2. The zero-order valence-electron chi connectivity index (χ0n) is 17.4. The number of rotatable bonds is 6. The van der Waals surface area contributed by atoms with Gasteiger partial charge in [0.1, 0.15) is 5.76 Å². The predicted molar refractivity (Wildman–Crippen MR) is 115 cm³/mol. The number of benzene rings is 1. The van der Waals surface area contributed by atoms with E-state index in [0.29, 0.717) is 17.7 Å². The first-order chi connectivity index (χ1) is 13.8. The lowest BCUT2D eigenvalue weighted by Gasteiger charge is -2.36. The number of carbonyl (C=O) groups is 1. The first kappa shape index (κ1) is 20.4. The van der Waals surface area contributed by atoms with Crippen molar-refractivity contribution in [2.75, 3.05) is 6.54 Å². The van der Waals surface area contributed by atoms with Gasteiger partial charge in [-0.15, -0.1) is 0 Å². The summed E-state index contributed by atoms with van der Waals surface area (Å²) in [5, 5.41) is 7.08. The molecule has 2 unspecified atom stereocenters. The van der Waals surface area contributed by atoms with Crippen molar-refractivity contribution in [3.63, 3.8) is 0 Å². The van der Waals surface area contributed by atoms with Crippen molar-refractivity contribution >= 4 is 17.9 Å². The summed E-state index contributed by atoms with van der Waals surface area (Å²) in [7, 11) is 0. The number of nitrogens with one attached hydrogen (secondary N) is 1. The van der Waals surface area contributed by atoms with E-state index in [1.54, 1.807) is 18.0 Å². The third-order valence-electron chi connectivity index (χ3n) is 5.71. The molecule has 1 aromatic carbocycles. The molecule has 1 amide bonds. The topological polar surface area (TPSA) is 84.4 Å². The van der Waals surface area contributed by atoms with E-state index in [9.17, 15) is 4.79 Å². The molecule has 0 radical (unpaired) electrons. The molecule has 2 fully saturated rings. The van der Waals surface area contributed by atoms with Gasteiger partial charge in [-0.3, -0.25) is 4.79 Å². The van der Waals surface area contributed by atoms with Crippen LogP contribution in [-0.4, -0.2) is 34.0 Å². The van der Waals surface area contributed by atoms with Crippen LogP contribution < -0.4 is 11.1 Å². The number of nitrogens with two attached hydrogens (primary N) is 1. The number of nitrogens with zero attached hydrogens (tertiary/aromatic N) is 2. The van der Waals surface area contributed by atoms with Gasteiger partial charge in [0, 0.05) is 41.0 Å². The van der Waals surface area contributed by atoms with Gasteiger partial charge < -0.3 is 15.6 Å². The number of carbonyl (C=O) groups excluding carboxylic acids is 1. The first-order valence-corrected chi connectivity index (χ1v) is 11.2. The van der Waals surface area contributed by atoms with Crippen LogP contribution in [0.4, 0.5) is 0 Å². The molecule has 4 rings (SSSR count). The molecule has 156 valence electrons. The van der Waals surface area contributed by atoms with Crippen LogP contribution in [-0.2, 0) is 5.54 Å². The molecule has 1 saturated carbocycles. The summed E-state index contributed by atoms with van der Waals surface area (Å²) in [6.45, 7) is 7.17. The Kier molecular flexibility index (Phi) is 5.73. The molecule has 6 nitrogen and oxygen atoms in total. The van der Waals surface area contributed by atoms with Gasteiger partial charge in [0.2, 0.25) is 0 Å². The summed E-state index contributed by atoms with van der Waals surface area (Å²) in [6.07, 6.45) is 4.11. The largest absolute Gasteiger partial charge is 0.360 e. The summed E-state index contributed by atoms with van der Waals surface area (Å²) >= 11 is 1.78. The number of amides is 1. The van der Waals surface area contributed by atoms with Gasteiger partial charge in [0.25, 0.3) is 5.91 Å². The van der Waals surface area contributed by atoms with Crippen LogP contribution in [0.3, 0.4) is 0 Å². The SMILES string of the molecule is CC1CC(NC(=O)c2cc(C3CC3)on2)CCN1Sc1ccc(C(C)(C)N)cc1. The molecule has 2 atom stereocenters. The minimum Gasteiger partial charge on any atom is -0.360 e. The number of hydrogen-bond donors (Lipinski definition) is 2. The van der Waals surface area contributed by atoms with Gasteiger partial charge in [0.05, 0.1) is 0 Å². The number of piperidine rings is 1. The van der Waals surface area contributed by atoms with Gasteiger partial charge >= 0.3 is 0 Å². The second-order valence-corrected chi connectivity index (χ2v) is 10.0. The van der Waals surface area contributed by atoms with Crippen molar-refractivity contribution in [1.29, 1.82) is 0 Å². The van der Waals surface area contributed by atoms with Crippen molar-refractivity contribution in [3.05, 3.63) is 47.3 Å². The van der Waals surface area contributed by atoms with Crippen molar-refractivity contribution in [2.24, 2.45) is 5.73 Å². The maximum absolute atomic E-state index is 12.5. The van der Waals surface area contributed by atoms with Gasteiger partial charge in [-0.2, -0.15) is 0 Å². The third kappa shape index (κ3) is 5.02. The summed E-state index contributed by atoms with van der Waals surface area (Å²) < 4.78 is 7.70. The number of hydrogen-bond acceptors (Lipinski definition) is 6. The van der Waals surface area contributed by atoms with Crippen molar-refractivity contribution in [1.82, 2.24) is 14.8 Å². The van der Waals surface area contributed by atoms with Crippen molar-refractivity contribution in [3.8, 4) is 0 Å². The molecule has 0 bridgehead atoms. The van der Waals surface area contributed by atoms with E-state index in [-0.39, 0.29) is 17.5 Å². The molecule has 2 aliphatic rings. The standard InChI is InChI=1S/C22H30N4O2S/c1-14-12-17(24-21(27)19-13-20(28-25-19)15-4-5-15)10-11-26(14)29-18-8-6-16(7-9-18)22(2,3)23/h6-9,13-15,17H,4-5,10-12,23H2,1-3H3,(H,24,27). The summed E-state index contributed by atoms with van der Waals surface area (Å²) in [5.74, 6) is 1.19. The van der Waals surface area contributed by atoms with Crippen LogP contribution in [0, 0.1) is 0 Å². The minimum atomic E-state index is -0.323. The molecule has 1 saturated heterocycles. The van der Waals surface area contributed by atoms with Gasteiger partial charge in [0.15, 0.2) is 5.69 Å². The first-order valence-electron chi connectivity index (χ1n) is 10.4. The molecule has 1 aliphatic carbocycles. The van der Waals surface area contributed by atoms with Crippen molar-refractivity contribution in [2.45, 2.75) is 74.9 Å². The molecule has 1 aliphatic heterocycles. The molecule has 0 spiro atoms. The van der Waals surface area contributed by atoms with E-state index < -0.39 is 0 Å². The van der Waals surface area contributed by atoms with Crippen molar-refractivity contribution < 1.29 is 9.32 Å². The average Bonchev–Trinajstić information content (AvgIpc) is 3.40. The van der Waals surface area contributed by atoms with Crippen LogP contribution in [0.25, 0.3) is 0 Å².